The number of aryl methyl sites for hydroxylation is 1. The van der Waals surface area contributed by atoms with Gasteiger partial charge in [-0.1, -0.05) is 67.7 Å². The molecule has 13 heteroatoms. The Morgan fingerprint density at radius 3 is 2.26 bits per heavy atom. The number of alkyl halides is 2. The van der Waals surface area contributed by atoms with Crippen LogP contribution in [0.2, 0.25) is 5.02 Å². The molecule has 1 aliphatic carbocycles. The number of fused-ring (bicyclic) bond motifs is 2. The molecule has 4 atom stereocenters. The number of imide groups is 1. The molecule has 1 aliphatic heterocycles. The summed E-state index contributed by atoms with van der Waals surface area (Å²) in [6, 6.07) is 17.2. The van der Waals surface area contributed by atoms with E-state index in [1.807, 2.05) is 0 Å². The Balaban J connectivity index is 1.26. The number of carbonyl (C=O) groups is 4. The van der Waals surface area contributed by atoms with Crippen LogP contribution in [0.15, 0.2) is 66.7 Å². The summed E-state index contributed by atoms with van der Waals surface area (Å²) in [5.41, 5.74) is 2.25. The first-order chi connectivity index (χ1) is 21.9. The standard InChI is InChI=1S/C33H24Br2ClN3O7/c1-16-2-3-18(10-29(16)39(44)45)30(40)15-46-33(43)24-14-28(37-27-9-6-19(36)11-21(24)27)17-4-7-20(8-5-17)38-31(41)22-12-25(34)26(35)13-23(22)32(38)42/h2-11,14,22-23,25-26H,12-13,15H2,1H3. The van der Waals surface area contributed by atoms with Crippen LogP contribution in [-0.2, 0) is 14.3 Å². The van der Waals surface area contributed by atoms with Crippen LogP contribution in [0, 0.1) is 28.9 Å². The Hall–Kier alpha value is -4.00. The quantitative estimate of drug-likeness (QED) is 0.0480. The average molecular weight is 770 g/mol. The molecule has 6 rings (SSSR count). The summed E-state index contributed by atoms with van der Waals surface area (Å²) < 4.78 is 5.37. The van der Waals surface area contributed by atoms with Gasteiger partial charge in [-0.3, -0.25) is 29.4 Å². The van der Waals surface area contributed by atoms with Crippen molar-refractivity contribution >= 4 is 89.3 Å². The van der Waals surface area contributed by atoms with Crippen LogP contribution in [0.3, 0.4) is 0 Å². The van der Waals surface area contributed by atoms with Gasteiger partial charge in [0.2, 0.25) is 17.6 Å². The second-order valence-electron chi connectivity index (χ2n) is 11.2. The Kier molecular flexibility index (Phi) is 8.79. The predicted molar refractivity (Wildman–Crippen MR) is 179 cm³/mol. The summed E-state index contributed by atoms with van der Waals surface area (Å²) in [7, 11) is 0. The number of nitro groups is 1. The molecule has 1 saturated heterocycles. The molecule has 46 heavy (non-hydrogen) atoms. The van der Waals surface area contributed by atoms with E-state index in [4.69, 9.17) is 16.3 Å². The van der Waals surface area contributed by atoms with E-state index in [9.17, 15) is 29.3 Å². The lowest BCUT2D eigenvalue weighted by Crippen LogP contribution is -2.34. The number of ether oxygens (including phenoxy) is 1. The molecule has 2 aliphatic rings. The van der Waals surface area contributed by atoms with Gasteiger partial charge in [0.25, 0.3) is 5.69 Å². The number of carbonyl (C=O) groups excluding carboxylic acids is 4. The molecule has 0 N–H and O–H groups in total. The van der Waals surface area contributed by atoms with Gasteiger partial charge in [0.15, 0.2) is 6.61 Å². The molecule has 234 valence electrons. The molecule has 3 aromatic carbocycles. The number of benzene rings is 3. The highest BCUT2D eigenvalue weighted by atomic mass is 79.9. The molecule has 0 bridgehead atoms. The van der Waals surface area contributed by atoms with Gasteiger partial charge in [-0.2, -0.15) is 0 Å². The number of aromatic nitrogens is 1. The number of rotatable bonds is 7. The zero-order valence-corrected chi connectivity index (χ0v) is 28.0. The number of ketones is 1. The lowest BCUT2D eigenvalue weighted by atomic mass is 9.81. The zero-order valence-electron chi connectivity index (χ0n) is 24.1. The maximum atomic E-state index is 13.3. The summed E-state index contributed by atoms with van der Waals surface area (Å²) in [4.78, 5) is 69.5. The van der Waals surface area contributed by atoms with Crippen LogP contribution in [0.1, 0.15) is 39.1 Å². The second kappa shape index (κ2) is 12.7. The summed E-state index contributed by atoms with van der Waals surface area (Å²) in [6.45, 7) is 0.922. The van der Waals surface area contributed by atoms with Gasteiger partial charge in [-0.05, 0) is 56.2 Å². The third-order valence-electron chi connectivity index (χ3n) is 8.39. The van der Waals surface area contributed by atoms with Gasteiger partial charge in [0, 0.05) is 42.8 Å². The number of halogens is 3. The van der Waals surface area contributed by atoms with Crippen LogP contribution in [0.5, 0.6) is 0 Å². The third kappa shape index (κ3) is 5.96. The van der Waals surface area contributed by atoms with Crippen molar-refractivity contribution in [2.24, 2.45) is 11.8 Å². The van der Waals surface area contributed by atoms with Crippen molar-refractivity contribution in [1.82, 2.24) is 4.98 Å². The molecule has 1 aromatic heterocycles. The van der Waals surface area contributed by atoms with E-state index in [0.717, 1.165) is 6.07 Å². The van der Waals surface area contributed by atoms with Crippen molar-refractivity contribution in [1.29, 1.82) is 0 Å². The number of hydrogen-bond donors (Lipinski definition) is 0. The highest BCUT2D eigenvalue weighted by Crippen LogP contribution is 2.44. The fourth-order valence-corrected chi connectivity index (χ4v) is 7.33. The summed E-state index contributed by atoms with van der Waals surface area (Å²) in [5, 5.41) is 12.1. The minimum absolute atomic E-state index is 0.0433. The number of Topliss-reactive ketones (excluding diaryl/α,β-unsaturated/α-hetero) is 1. The van der Waals surface area contributed by atoms with Gasteiger partial charge in [0.05, 0.1) is 39.2 Å². The van der Waals surface area contributed by atoms with E-state index >= 15 is 0 Å². The highest BCUT2D eigenvalue weighted by Gasteiger charge is 2.52. The first kappa shape index (κ1) is 32.0. The van der Waals surface area contributed by atoms with Gasteiger partial charge in [-0.25, -0.2) is 9.78 Å². The van der Waals surface area contributed by atoms with Gasteiger partial charge < -0.3 is 4.74 Å². The van der Waals surface area contributed by atoms with Crippen molar-refractivity contribution in [2.75, 3.05) is 11.5 Å². The molecule has 2 amide bonds. The number of amides is 2. The van der Waals surface area contributed by atoms with Crippen LogP contribution in [0.25, 0.3) is 22.2 Å². The van der Waals surface area contributed by atoms with Crippen molar-refractivity contribution in [3.63, 3.8) is 0 Å². The fraction of sp³-hybridized carbons (Fsp3) is 0.242. The SMILES string of the molecule is Cc1ccc(C(=O)COC(=O)c2cc(-c3ccc(N4C(=O)C5CC(Br)C(Br)CC5C4=O)cc3)nc3ccc(Cl)cc23)cc1[N+](=O)[O-]. The number of hydrogen-bond acceptors (Lipinski definition) is 8. The topological polar surface area (TPSA) is 137 Å². The van der Waals surface area contributed by atoms with E-state index in [1.165, 1.54) is 23.1 Å². The number of nitro benzene ring substituents is 1. The van der Waals surface area contributed by atoms with Crippen LogP contribution in [-0.4, -0.2) is 49.7 Å². The number of esters is 1. The van der Waals surface area contributed by atoms with E-state index in [1.54, 1.807) is 49.4 Å². The van der Waals surface area contributed by atoms with E-state index in [0.29, 0.717) is 51.3 Å². The van der Waals surface area contributed by atoms with Crippen molar-refractivity contribution in [2.45, 2.75) is 29.4 Å². The van der Waals surface area contributed by atoms with Crippen LogP contribution >= 0.6 is 43.5 Å². The van der Waals surface area contributed by atoms with Crippen LogP contribution < -0.4 is 4.90 Å². The molecule has 10 nitrogen and oxygen atoms in total. The summed E-state index contributed by atoms with van der Waals surface area (Å²) in [6.07, 6.45) is 1.14. The molecule has 4 unspecified atom stereocenters. The predicted octanol–water partition coefficient (Wildman–Crippen LogP) is 7.24. The minimum Gasteiger partial charge on any atom is -0.454 e. The highest BCUT2D eigenvalue weighted by molar-refractivity contribution is 9.12. The van der Waals surface area contributed by atoms with Crippen molar-refractivity contribution in [3.8, 4) is 11.3 Å². The normalized spacial score (nSPS) is 20.9. The molecular formula is C33H24Br2ClN3O7. The Bertz CT molecular complexity index is 1920. The molecule has 0 spiro atoms. The van der Waals surface area contributed by atoms with E-state index < -0.39 is 23.3 Å². The largest absolute Gasteiger partial charge is 0.454 e. The maximum absolute atomic E-state index is 13.3. The first-order valence-electron chi connectivity index (χ1n) is 14.2. The van der Waals surface area contributed by atoms with Gasteiger partial charge >= 0.3 is 5.97 Å². The Morgan fingerprint density at radius 1 is 0.978 bits per heavy atom. The smallest absolute Gasteiger partial charge is 0.339 e. The molecule has 2 fully saturated rings. The average Bonchev–Trinajstić information content (AvgIpc) is 3.27. The molecule has 0 radical (unpaired) electrons. The number of anilines is 1. The number of nitrogens with zero attached hydrogens (tertiary/aromatic N) is 3. The Morgan fingerprint density at radius 2 is 1.63 bits per heavy atom. The summed E-state index contributed by atoms with van der Waals surface area (Å²) in [5.74, 6) is -2.59. The lowest BCUT2D eigenvalue weighted by molar-refractivity contribution is -0.385. The molecular weight excluding hydrogens is 746 g/mol. The monoisotopic (exact) mass is 767 g/mol. The molecule has 4 aromatic rings. The maximum Gasteiger partial charge on any atom is 0.339 e. The van der Waals surface area contributed by atoms with Gasteiger partial charge in [0.1, 0.15) is 0 Å². The minimum atomic E-state index is -0.812. The van der Waals surface area contributed by atoms with Gasteiger partial charge in [-0.15, -0.1) is 0 Å². The fourth-order valence-electron chi connectivity index (χ4n) is 5.92. The van der Waals surface area contributed by atoms with Crippen molar-refractivity contribution in [3.05, 3.63) is 98.6 Å². The molecule has 2 heterocycles. The third-order valence-corrected chi connectivity index (χ3v) is 11.4. The van der Waals surface area contributed by atoms with Crippen LogP contribution in [0.4, 0.5) is 11.4 Å². The Labute approximate surface area is 284 Å². The van der Waals surface area contributed by atoms with E-state index in [2.05, 4.69) is 36.8 Å². The zero-order chi connectivity index (χ0) is 32.9. The molecule has 1 saturated carbocycles. The summed E-state index contributed by atoms with van der Waals surface area (Å²) >= 11 is 13.4. The second-order valence-corrected chi connectivity index (χ2v) is 14.0. The van der Waals surface area contributed by atoms with Crippen molar-refractivity contribution < 1.29 is 28.8 Å². The van der Waals surface area contributed by atoms with E-state index in [-0.39, 0.29) is 50.1 Å². The first-order valence-corrected chi connectivity index (χ1v) is 16.5. The number of pyridine rings is 1. The lowest BCUT2D eigenvalue weighted by Gasteiger charge is -2.29.